The number of rotatable bonds is 2. The summed E-state index contributed by atoms with van der Waals surface area (Å²) in [5, 5.41) is 0. The molecule has 0 aromatic heterocycles. The second kappa shape index (κ2) is 5.52. The van der Waals surface area contributed by atoms with Crippen molar-refractivity contribution in [3.63, 3.8) is 0 Å². The molecule has 2 aliphatic rings. The van der Waals surface area contributed by atoms with Crippen LogP contribution in [0.25, 0.3) is 0 Å². The number of hydrogen-bond donors (Lipinski definition) is 1. The molecule has 108 valence electrons. The van der Waals surface area contributed by atoms with Gasteiger partial charge in [-0.15, -0.1) is 0 Å². The van der Waals surface area contributed by atoms with Gasteiger partial charge in [0.25, 0.3) is 0 Å². The molecule has 1 aromatic carbocycles. The fourth-order valence-electron chi connectivity index (χ4n) is 2.91. The Morgan fingerprint density at radius 1 is 1.25 bits per heavy atom. The Kier molecular flexibility index (Phi) is 3.74. The quantitative estimate of drug-likeness (QED) is 0.877. The van der Waals surface area contributed by atoms with E-state index in [9.17, 15) is 4.79 Å². The SMILES string of the molecule is N[C@@H](C(=O)N1CCCC2(C1)OCCO2)c1ccccc1. The topological polar surface area (TPSA) is 64.8 Å². The Labute approximate surface area is 118 Å². The molecule has 5 nitrogen and oxygen atoms in total. The van der Waals surface area contributed by atoms with Crippen molar-refractivity contribution in [1.29, 1.82) is 0 Å². The highest BCUT2D eigenvalue weighted by atomic mass is 16.7. The third-order valence-corrected chi connectivity index (χ3v) is 3.97. The van der Waals surface area contributed by atoms with Crippen molar-refractivity contribution in [3.8, 4) is 0 Å². The molecule has 2 heterocycles. The van der Waals surface area contributed by atoms with Gasteiger partial charge in [0.1, 0.15) is 6.04 Å². The lowest BCUT2D eigenvalue weighted by molar-refractivity contribution is -0.193. The molecule has 2 saturated heterocycles. The number of carbonyl (C=O) groups is 1. The fourth-order valence-corrected chi connectivity index (χ4v) is 2.91. The first kappa shape index (κ1) is 13.5. The first-order chi connectivity index (χ1) is 9.70. The van der Waals surface area contributed by atoms with Gasteiger partial charge in [-0.25, -0.2) is 0 Å². The van der Waals surface area contributed by atoms with E-state index < -0.39 is 11.8 Å². The Hall–Kier alpha value is -1.43. The molecule has 1 amide bonds. The van der Waals surface area contributed by atoms with Gasteiger partial charge in [-0.3, -0.25) is 4.79 Å². The average molecular weight is 276 g/mol. The van der Waals surface area contributed by atoms with Crippen molar-refractivity contribution in [2.45, 2.75) is 24.7 Å². The first-order valence-electron chi connectivity index (χ1n) is 7.07. The standard InChI is InChI=1S/C15H20N2O3/c16-13(12-5-2-1-3-6-12)14(18)17-8-4-7-15(11-17)19-9-10-20-15/h1-3,5-6,13H,4,7-11,16H2/t13-/m1/s1. The zero-order valence-corrected chi connectivity index (χ0v) is 11.5. The predicted molar refractivity (Wildman–Crippen MR) is 73.8 cm³/mol. The maximum absolute atomic E-state index is 12.5. The smallest absolute Gasteiger partial charge is 0.244 e. The van der Waals surface area contributed by atoms with E-state index in [-0.39, 0.29) is 5.91 Å². The maximum Gasteiger partial charge on any atom is 0.244 e. The number of likely N-dealkylation sites (tertiary alicyclic amines) is 1. The summed E-state index contributed by atoms with van der Waals surface area (Å²) in [5.41, 5.74) is 6.92. The normalized spacial score (nSPS) is 22.9. The molecule has 2 fully saturated rings. The molecule has 2 N–H and O–H groups in total. The van der Waals surface area contributed by atoms with Crippen LogP contribution in [0.2, 0.25) is 0 Å². The lowest BCUT2D eigenvalue weighted by atomic mass is 10.0. The number of piperidine rings is 1. The molecule has 0 unspecified atom stereocenters. The second-order valence-electron chi connectivity index (χ2n) is 5.36. The lowest BCUT2D eigenvalue weighted by Crippen LogP contribution is -2.53. The molecule has 0 bridgehead atoms. The summed E-state index contributed by atoms with van der Waals surface area (Å²) in [4.78, 5) is 14.3. The van der Waals surface area contributed by atoms with E-state index in [1.165, 1.54) is 0 Å². The van der Waals surface area contributed by atoms with Gasteiger partial charge in [0.2, 0.25) is 5.91 Å². The lowest BCUT2D eigenvalue weighted by Gasteiger charge is -2.39. The Bertz CT molecular complexity index is 471. The Morgan fingerprint density at radius 2 is 1.95 bits per heavy atom. The van der Waals surface area contributed by atoms with E-state index in [1.807, 2.05) is 30.3 Å². The summed E-state index contributed by atoms with van der Waals surface area (Å²) >= 11 is 0. The predicted octanol–water partition coefficient (Wildman–Crippen LogP) is 1.05. The van der Waals surface area contributed by atoms with Crippen LogP contribution in [-0.2, 0) is 14.3 Å². The number of hydrogen-bond acceptors (Lipinski definition) is 4. The minimum Gasteiger partial charge on any atom is -0.346 e. The number of nitrogens with zero attached hydrogens (tertiary/aromatic N) is 1. The van der Waals surface area contributed by atoms with E-state index in [4.69, 9.17) is 15.2 Å². The van der Waals surface area contributed by atoms with Crippen LogP contribution in [0.4, 0.5) is 0 Å². The molecule has 1 spiro atoms. The van der Waals surface area contributed by atoms with E-state index in [0.717, 1.165) is 18.4 Å². The van der Waals surface area contributed by atoms with Crippen molar-refractivity contribution in [2.75, 3.05) is 26.3 Å². The maximum atomic E-state index is 12.5. The number of amides is 1. The fraction of sp³-hybridized carbons (Fsp3) is 0.533. The summed E-state index contributed by atoms with van der Waals surface area (Å²) < 4.78 is 11.4. The van der Waals surface area contributed by atoms with Crippen LogP contribution in [0, 0.1) is 0 Å². The highest BCUT2D eigenvalue weighted by molar-refractivity contribution is 5.83. The zero-order chi connectivity index (χ0) is 14.0. The van der Waals surface area contributed by atoms with Gasteiger partial charge in [0.15, 0.2) is 5.79 Å². The number of ether oxygens (including phenoxy) is 2. The first-order valence-corrected chi connectivity index (χ1v) is 7.07. The highest BCUT2D eigenvalue weighted by Gasteiger charge is 2.42. The van der Waals surface area contributed by atoms with Gasteiger partial charge in [-0.05, 0) is 12.0 Å². The molecular formula is C15H20N2O3. The van der Waals surface area contributed by atoms with Crippen molar-refractivity contribution < 1.29 is 14.3 Å². The van der Waals surface area contributed by atoms with Gasteiger partial charge in [-0.2, -0.15) is 0 Å². The molecule has 1 atom stereocenters. The molecule has 20 heavy (non-hydrogen) atoms. The number of nitrogens with two attached hydrogens (primary N) is 1. The van der Waals surface area contributed by atoms with Crippen molar-refractivity contribution in [2.24, 2.45) is 5.73 Å². The van der Waals surface area contributed by atoms with E-state index in [0.29, 0.717) is 26.3 Å². The summed E-state index contributed by atoms with van der Waals surface area (Å²) in [7, 11) is 0. The molecule has 3 rings (SSSR count). The van der Waals surface area contributed by atoms with Gasteiger partial charge < -0.3 is 20.1 Å². The van der Waals surface area contributed by atoms with Crippen LogP contribution in [0.5, 0.6) is 0 Å². The van der Waals surface area contributed by atoms with Crippen LogP contribution in [-0.4, -0.2) is 42.9 Å². The molecule has 1 aromatic rings. The van der Waals surface area contributed by atoms with Crippen LogP contribution < -0.4 is 5.73 Å². The number of carbonyl (C=O) groups excluding carboxylic acids is 1. The summed E-state index contributed by atoms with van der Waals surface area (Å²) in [6.07, 6.45) is 1.73. The molecule has 5 heteroatoms. The van der Waals surface area contributed by atoms with E-state index >= 15 is 0 Å². The summed E-state index contributed by atoms with van der Waals surface area (Å²) in [6.45, 7) is 2.40. The van der Waals surface area contributed by atoms with E-state index in [2.05, 4.69) is 0 Å². The summed E-state index contributed by atoms with van der Waals surface area (Å²) in [5.74, 6) is -0.654. The second-order valence-corrected chi connectivity index (χ2v) is 5.36. The molecular weight excluding hydrogens is 256 g/mol. The minimum absolute atomic E-state index is 0.0608. The summed E-state index contributed by atoms with van der Waals surface area (Å²) in [6, 6.07) is 8.84. The monoisotopic (exact) mass is 276 g/mol. The van der Waals surface area contributed by atoms with Crippen LogP contribution in [0.15, 0.2) is 30.3 Å². The average Bonchev–Trinajstić information content (AvgIpc) is 2.94. The molecule has 2 aliphatic heterocycles. The minimum atomic E-state index is -0.618. The molecule has 0 aliphatic carbocycles. The molecule has 0 radical (unpaired) electrons. The van der Waals surface area contributed by atoms with Crippen LogP contribution >= 0.6 is 0 Å². The zero-order valence-electron chi connectivity index (χ0n) is 11.5. The van der Waals surface area contributed by atoms with Gasteiger partial charge in [-0.1, -0.05) is 30.3 Å². The van der Waals surface area contributed by atoms with Crippen molar-refractivity contribution in [1.82, 2.24) is 4.90 Å². The third kappa shape index (κ3) is 2.57. The Balaban J connectivity index is 1.70. The van der Waals surface area contributed by atoms with Gasteiger partial charge in [0.05, 0.1) is 19.8 Å². The molecule has 0 saturated carbocycles. The number of benzene rings is 1. The largest absolute Gasteiger partial charge is 0.346 e. The van der Waals surface area contributed by atoms with Gasteiger partial charge in [0, 0.05) is 13.0 Å². The van der Waals surface area contributed by atoms with Crippen molar-refractivity contribution >= 4 is 5.91 Å². The Morgan fingerprint density at radius 3 is 2.65 bits per heavy atom. The van der Waals surface area contributed by atoms with Crippen LogP contribution in [0.3, 0.4) is 0 Å². The highest BCUT2D eigenvalue weighted by Crippen LogP contribution is 2.31. The third-order valence-electron chi connectivity index (χ3n) is 3.97. The van der Waals surface area contributed by atoms with Gasteiger partial charge >= 0.3 is 0 Å². The van der Waals surface area contributed by atoms with Crippen LogP contribution in [0.1, 0.15) is 24.4 Å². The van der Waals surface area contributed by atoms with Crippen molar-refractivity contribution in [3.05, 3.63) is 35.9 Å². The van der Waals surface area contributed by atoms with E-state index in [1.54, 1.807) is 4.90 Å².